The molecule has 2 aromatic carbocycles. The van der Waals surface area contributed by atoms with Gasteiger partial charge in [0.25, 0.3) is 5.91 Å². The van der Waals surface area contributed by atoms with Gasteiger partial charge in [-0.3, -0.25) is 9.59 Å². The van der Waals surface area contributed by atoms with Crippen LogP contribution in [0.5, 0.6) is 5.75 Å². The first kappa shape index (κ1) is 20.9. The smallest absolute Gasteiger partial charge is 0.258 e. The number of benzene rings is 2. The van der Waals surface area contributed by atoms with Crippen LogP contribution in [0.1, 0.15) is 37.8 Å². The second-order valence-corrected chi connectivity index (χ2v) is 9.09. The molecule has 5 rings (SSSR count). The Morgan fingerprint density at radius 1 is 1.13 bits per heavy atom. The van der Waals surface area contributed by atoms with Crippen LogP contribution in [0.15, 0.2) is 42.5 Å². The first-order valence-electron chi connectivity index (χ1n) is 9.66. The van der Waals surface area contributed by atoms with E-state index in [1.807, 2.05) is 19.1 Å². The van der Waals surface area contributed by atoms with Crippen LogP contribution >= 0.6 is 23.2 Å². The SMILES string of the molecule is C[C@@H](NC(=O)C12CC(NC(=O)COc3ccc(Cl)c(F)c3)(C1)C2)c1ccc(Cl)cc1. The van der Waals surface area contributed by atoms with Gasteiger partial charge in [-0.15, -0.1) is 0 Å². The van der Waals surface area contributed by atoms with Crippen molar-refractivity contribution in [2.24, 2.45) is 5.41 Å². The Hall–Kier alpha value is -2.31. The molecule has 1 atom stereocenters. The molecule has 0 spiro atoms. The van der Waals surface area contributed by atoms with E-state index >= 15 is 0 Å². The number of nitrogens with one attached hydrogen (secondary N) is 2. The van der Waals surface area contributed by atoms with Gasteiger partial charge in [0.15, 0.2) is 6.61 Å². The van der Waals surface area contributed by atoms with E-state index in [1.54, 1.807) is 12.1 Å². The summed E-state index contributed by atoms with van der Waals surface area (Å²) >= 11 is 11.5. The second kappa shape index (κ2) is 7.75. The highest BCUT2D eigenvalue weighted by molar-refractivity contribution is 6.30. The predicted molar refractivity (Wildman–Crippen MR) is 112 cm³/mol. The van der Waals surface area contributed by atoms with Crippen molar-refractivity contribution in [3.8, 4) is 5.75 Å². The molecule has 3 aliphatic carbocycles. The molecule has 2 N–H and O–H groups in total. The van der Waals surface area contributed by atoms with Gasteiger partial charge >= 0.3 is 0 Å². The highest BCUT2D eigenvalue weighted by Crippen LogP contribution is 2.67. The molecule has 2 bridgehead atoms. The molecule has 30 heavy (non-hydrogen) atoms. The van der Waals surface area contributed by atoms with Gasteiger partial charge in [0, 0.05) is 16.6 Å². The molecule has 0 heterocycles. The Labute approximate surface area is 183 Å². The second-order valence-electron chi connectivity index (χ2n) is 8.25. The zero-order chi connectivity index (χ0) is 21.5. The molecule has 0 aromatic heterocycles. The molecule has 3 aliphatic rings. The molecule has 0 unspecified atom stereocenters. The summed E-state index contributed by atoms with van der Waals surface area (Å²) < 4.78 is 18.7. The molecule has 0 radical (unpaired) electrons. The number of hydrogen-bond acceptors (Lipinski definition) is 3. The van der Waals surface area contributed by atoms with E-state index in [-0.39, 0.29) is 40.8 Å². The maximum absolute atomic E-state index is 13.4. The van der Waals surface area contributed by atoms with E-state index in [2.05, 4.69) is 10.6 Å². The molecule has 8 heteroatoms. The summed E-state index contributed by atoms with van der Waals surface area (Å²) in [5, 5.41) is 6.65. The monoisotopic (exact) mass is 450 g/mol. The van der Waals surface area contributed by atoms with Crippen molar-refractivity contribution in [1.29, 1.82) is 0 Å². The number of carbonyl (C=O) groups is 2. The minimum atomic E-state index is -0.602. The van der Waals surface area contributed by atoms with Gasteiger partial charge in [-0.05, 0) is 56.0 Å². The lowest BCUT2D eigenvalue weighted by Crippen LogP contribution is -2.78. The Balaban J connectivity index is 1.23. The average Bonchev–Trinajstić information content (AvgIpc) is 2.64. The maximum Gasteiger partial charge on any atom is 0.258 e. The molecule has 2 amide bonds. The molecular weight excluding hydrogens is 430 g/mol. The third-order valence-corrected chi connectivity index (χ3v) is 6.45. The molecule has 5 nitrogen and oxygen atoms in total. The zero-order valence-corrected chi connectivity index (χ0v) is 17.8. The highest BCUT2D eigenvalue weighted by atomic mass is 35.5. The average molecular weight is 451 g/mol. The normalized spacial score (nSPS) is 24.8. The Bertz CT molecular complexity index is 977. The van der Waals surface area contributed by atoms with Crippen molar-refractivity contribution in [1.82, 2.24) is 10.6 Å². The van der Waals surface area contributed by atoms with E-state index in [1.165, 1.54) is 12.1 Å². The van der Waals surface area contributed by atoms with E-state index in [0.29, 0.717) is 24.3 Å². The minimum absolute atomic E-state index is 0.00498. The minimum Gasteiger partial charge on any atom is -0.484 e. The standard InChI is InChI=1S/C22H21Cl2FN2O3/c1-13(14-2-4-15(23)5-3-14)26-20(29)21-10-22(11-21,12-21)27-19(28)9-30-16-6-7-17(24)18(25)8-16/h2-8,13H,9-12H2,1H3,(H,26,29)(H,27,28)/t13-,21?,22?/m1/s1. The summed E-state index contributed by atoms with van der Waals surface area (Å²) in [7, 11) is 0. The summed E-state index contributed by atoms with van der Waals surface area (Å²) in [6, 6.07) is 11.3. The number of hydrogen-bond donors (Lipinski definition) is 2. The number of carbonyl (C=O) groups excluding carboxylic acids is 2. The summed E-state index contributed by atoms with van der Waals surface area (Å²) in [6.07, 6.45) is 1.83. The van der Waals surface area contributed by atoms with Crippen molar-refractivity contribution >= 4 is 35.0 Å². The summed E-state index contributed by atoms with van der Waals surface area (Å²) in [5.74, 6) is -0.658. The summed E-state index contributed by atoms with van der Waals surface area (Å²) in [6.45, 7) is 1.71. The maximum atomic E-state index is 13.4. The van der Waals surface area contributed by atoms with Crippen LogP contribution in [0.2, 0.25) is 10.0 Å². The third-order valence-electron chi connectivity index (χ3n) is 5.90. The largest absolute Gasteiger partial charge is 0.484 e. The van der Waals surface area contributed by atoms with Gasteiger partial charge in [-0.2, -0.15) is 0 Å². The lowest BCUT2D eigenvalue weighted by atomic mass is 9.39. The van der Waals surface area contributed by atoms with Crippen LogP contribution in [0, 0.1) is 11.2 Å². The van der Waals surface area contributed by atoms with Gasteiger partial charge in [0.05, 0.1) is 16.5 Å². The lowest BCUT2D eigenvalue weighted by molar-refractivity contribution is -0.184. The molecule has 3 fully saturated rings. The Morgan fingerprint density at radius 3 is 2.43 bits per heavy atom. The molecule has 0 aliphatic heterocycles. The Kier molecular flexibility index (Phi) is 5.41. The van der Waals surface area contributed by atoms with E-state index in [9.17, 15) is 14.0 Å². The summed E-state index contributed by atoms with van der Waals surface area (Å²) in [4.78, 5) is 24.9. The molecule has 158 valence electrons. The van der Waals surface area contributed by atoms with Crippen molar-refractivity contribution in [2.45, 2.75) is 37.8 Å². The lowest BCUT2D eigenvalue weighted by Gasteiger charge is -2.69. The van der Waals surface area contributed by atoms with Crippen molar-refractivity contribution in [3.05, 3.63) is 63.9 Å². The molecule has 2 aromatic rings. The fourth-order valence-electron chi connectivity index (χ4n) is 4.39. The first-order chi connectivity index (χ1) is 14.2. The molecule has 3 saturated carbocycles. The number of rotatable bonds is 7. The van der Waals surface area contributed by atoms with Gasteiger partial charge in [-0.1, -0.05) is 35.3 Å². The van der Waals surface area contributed by atoms with Crippen LogP contribution in [0.3, 0.4) is 0 Å². The van der Waals surface area contributed by atoms with Gasteiger partial charge in [-0.25, -0.2) is 4.39 Å². The van der Waals surface area contributed by atoms with Crippen molar-refractivity contribution < 1.29 is 18.7 Å². The third kappa shape index (κ3) is 3.98. The fourth-order valence-corrected chi connectivity index (χ4v) is 4.64. The van der Waals surface area contributed by atoms with E-state index in [0.717, 1.165) is 11.6 Å². The van der Waals surface area contributed by atoms with E-state index < -0.39 is 11.2 Å². The fraction of sp³-hybridized carbons (Fsp3) is 0.364. The van der Waals surface area contributed by atoms with Gasteiger partial charge < -0.3 is 15.4 Å². The molecule has 0 saturated heterocycles. The predicted octanol–water partition coefficient (Wildman–Crippen LogP) is 4.43. The van der Waals surface area contributed by atoms with Crippen LogP contribution in [-0.4, -0.2) is 24.0 Å². The van der Waals surface area contributed by atoms with Crippen molar-refractivity contribution in [3.63, 3.8) is 0 Å². The summed E-state index contributed by atoms with van der Waals surface area (Å²) in [5.41, 5.74) is 0.235. The van der Waals surface area contributed by atoms with E-state index in [4.69, 9.17) is 27.9 Å². The molecular formula is C22H21Cl2FN2O3. The zero-order valence-electron chi connectivity index (χ0n) is 16.3. The topological polar surface area (TPSA) is 67.4 Å². The number of amides is 2. The van der Waals surface area contributed by atoms with Crippen LogP contribution in [0.4, 0.5) is 4.39 Å². The van der Waals surface area contributed by atoms with Crippen molar-refractivity contribution in [2.75, 3.05) is 6.61 Å². The number of ether oxygens (including phenoxy) is 1. The number of halogens is 3. The Morgan fingerprint density at radius 2 is 1.80 bits per heavy atom. The quantitative estimate of drug-likeness (QED) is 0.655. The van der Waals surface area contributed by atoms with Gasteiger partial charge in [0.1, 0.15) is 11.6 Å². The van der Waals surface area contributed by atoms with Gasteiger partial charge in [0.2, 0.25) is 5.91 Å². The highest BCUT2D eigenvalue weighted by Gasteiger charge is 2.72. The van der Waals surface area contributed by atoms with Crippen LogP contribution in [-0.2, 0) is 9.59 Å². The first-order valence-corrected chi connectivity index (χ1v) is 10.4. The van der Waals surface area contributed by atoms with Crippen LogP contribution < -0.4 is 15.4 Å². The van der Waals surface area contributed by atoms with Crippen LogP contribution in [0.25, 0.3) is 0 Å².